The minimum Gasteiger partial charge on any atom is -0.508 e. The number of nitrogens with one attached hydrogen (secondary N) is 1. The van der Waals surface area contributed by atoms with Crippen LogP contribution in [0, 0.1) is 0 Å². The van der Waals surface area contributed by atoms with E-state index >= 15 is 0 Å². The van der Waals surface area contributed by atoms with Gasteiger partial charge in [-0.1, -0.05) is 6.07 Å². The summed E-state index contributed by atoms with van der Waals surface area (Å²) in [5, 5.41) is 10.4. The second-order valence-corrected chi connectivity index (χ2v) is 6.33. The van der Waals surface area contributed by atoms with Crippen molar-refractivity contribution in [2.45, 2.75) is 0 Å². The van der Waals surface area contributed by atoms with Crippen LogP contribution < -0.4 is 15.9 Å². The molecule has 27 heavy (non-hydrogen) atoms. The molecule has 0 fully saturated rings. The number of H-pyrrole nitrogens is 1. The first-order valence-corrected chi connectivity index (χ1v) is 8.28. The molecule has 2 N–H and O–H groups in total. The summed E-state index contributed by atoms with van der Waals surface area (Å²) in [6.45, 7) is 0. The van der Waals surface area contributed by atoms with E-state index in [9.17, 15) is 14.7 Å². The van der Waals surface area contributed by atoms with Crippen LogP contribution in [0.25, 0.3) is 22.0 Å². The Morgan fingerprint density at radius 2 is 1.81 bits per heavy atom. The van der Waals surface area contributed by atoms with Crippen LogP contribution in [0.15, 0.2) is 64.6 Å². The summed E-state index contributed by atoms with van der Waals surface area (Å²) in [5.41, 5.74) is 1.35. The Labute approximate surface area is 153 Å². The van der Waals surface area contributed by atoms with Gasteiger partial charge in [0.05, 0.1) is 6.20 Å². The van der Waals surface area contributed by atoms with Gasteiger partial charge >= 0.3 is 0 Å². The summed E-state index contributed by atoms with van der Waals surface area (Å²) in [6, 6.07) is 9.68. The Morgan fingerprint density at radius 3 is 2.59 bits per heavy atom. The number of aryl methyl sites for hydroxylation is 2. The number of ether oxygens (including phenoxy) is 1. The quantitative estimate of drug-likeness (QED) is 0.586. The second-order valence-electron chi connectivity index (χ2n) is 6.33. The van der Waals surface area contributed by atoms with Gasteiger partial charge in [0.2, 0.25) is 0 Å². The normalized spacial score (nSPS) is 11.0. The first-order chi connectivity index (χ1) is 12.9. The first-order valence-electron chi connectivity index (χ1n) is 8.28. The third kappa shape index (κ3) is 2.89. The minimum atomic E-state index is -0.203. The van der Waals surface area contributed by atoms with Crippen molar-refractivity contribution in [3.8, 4) is 28.4 Å². The highest BCUT2D eigenvalue weighted by Crippen LogP contribution is 2.35. The van der Waals surface area contributed by atoms with E-state index in [1.165, 1.54) is 21.3 Å². The van der Waals surface area contributed by atoms with E-state index < -0.39 is 0 Å². The Bertz CT molecular complexity index is 1280. The van der Waals surface area contributed by atoms with Crippen LogP contribution in [0.3, 0.4) is 0 Å². The lowest BCUT2D eigenvalue weighted by Gasteiger charge is -2.14. The topological polar surface area (TPSA) is 89.2 Å². The Kier molecular flexibility index (Phi) is 3.84. The average molecular weight is 363 g/mol. The Hall–Kier alpha value is -3.74. The zero-order chi connectivity index (χ0) is 19.1. The molecule has 0 aliphatic heterocycles. The van der Waals surface area contributed by atoms with Gasteiger partial charge in [-0.2, -0.15) is 0 Å². The number of phenolic OH excluding ortho intramolecular Hbond substituents is 1. The van der Waals surface area contributed by atoms with Crippen molar-refractivity contribution in [3.63, 3.8) is 0 Å². The van der Waals surface area contributed by atoms with Crippen LogP contribution in [0.4, 0.5) is 0 Å². The zero-order valence-electron chi connectivity index (χ0n) is 14.8. The predicted molar refractivity (Wildman–Crippen MR) is 102 cm³/mol. The highest BCUT2D eigenvalue weighted by Gasteiger charge is 2.16. The standard InChI is InChI=1S/C20H17N3O4/c1-22-11-17(27-13-5-3-4-12(24)8-13)15(9-18(22)25)16-10-23(2)20(26)19-14(16)6-7-21-19/h3-11,21,24H,1-2H3. The van der Waals surface area contributed by atoms with Crippen LogP contribution in [-0.4, -0.2) is 19.2 Å². The molecular formula is C20H17N3O4. The molecule has 3 aromatic heterocycles. The molecule has 1 aromatic carbocycles. The first kappa shape index (κ1) is 16.7. The molecule has 4 aromatic rings. The van der Waals surface area contributed by atoms with Gasteiger partial charge in [-0.15, -0.1) is 0 Å². The molecule has 4 rings (SSSR count). The highest BCUT2D eigenvalue weighted by atomic mass is 16.5. The van der Waals surface area contributed by atoms with Crippen molar-refractivity contribution in [2.75, 3.05) is 0 Å². The Balaban J connectivity index is 1.97. The molecule has 0 saturated heterocycles. The minimum absolute atomic E-state index is 0.0778. The molecule has 0 aliphatic carbocycles. The highest BCUT2D eigenvalue weighted by molar-refractivity contribution is 5.95. The molecule has 7 heteroatoms. The van der Waals surface area contributed by atoms with Gasteiger partial charge in [0.15, 0.2) is 5.75 Å². The molecule has 0 amide bonds. The number of aromatic amines is 1. The molecule has 0 spiro atoms. The summed E-state index contributed by atoms with van der Waals surface area (Å²) in [5.74, 6) is 0.947. The van der Waals surface area contributed by atoms with E-state index in [1.807, 2.05) is 0 Å². The monoisotopic (exact) mass is 363 g/mol. The summed E-state index contributed by atoms with van der Waals surface area (Å²) in [7, 11) is 3.29. The van der Waals surface area contributed by atoms with Gasteiger partial charge in [-0.25, -0.2) is 0 Å². The second kappa shape index (κ2) is 6.21. The van der Waals surface area contributed by atoms with Crippen molar-refractivity contribution >= 4 is 10.9 Å². The maximum Gasteiger partial charge on any atom is 0.274 e. The summed E-state index contributed by atoms with van der Waals surface area (Å²) in [6.07, 6.45) is 4.96. The van der Waals surface area contributed by atoms with Crippen LogP contribution in [0.1, 0.15) is 0 Å². The lowest BCUT2D eigenvalue weighted by atomic mass is 10.0. The van der Waals surface area contributed by atoms with Gasteiger partial charge in [-0.05, 0) is 18.2 Å². The van der Waals surface area contributed by atoms with Crippen LogP contribution in [0.2, 0.25) is 0 Å². The largest absolute Gasteiger partial charge is 0.508 e. The number of aromatic hydroxyl groups is 1. The fourth-order valence-electron chi connectivity index (χ4n) is 3.05. The van der Waals surface area contributed by atoms with Gasteiger partial charge in [0, 0.05) is 55.1 Å². The molecule has 0 unspecified atom stereocenters. The maximum atomic E-state index is 12.3. The third-order valence-corrected chi connectivity index (χ3v) is 4.42. The fraction of sp³-hybridized carbons (Fsp3) is 0.100. The van der Waals surface area contributed by atoms with Gasteiger partial charge in [0.25, 0.3) is 11.1 Å². The predicted octanol–water partition coefficient (Wildman–Crippen LogP) is 2.73. The van der Waals surface area contributed by atoms with Crippen molar-refractivity contribution < 1.29 is 9.84 Å². The van der Waals surface area contributed by atoms with E-state index in [-0.39, 0.29) is 16.9 Å². The lowest BCUT2D eigenvalue weighted by molar-refractivity contribution is 0.453. The van der Waals surface area contributed by atoms with Crippen LogP contribution >= 0.6 is 0 Å². The number of pyridine rings is 2. The number of fused-ring (bicyclic) bond motifs is 1. The van der Waals surface area contributed by atoms with E-state index in [2.05, 4.69) is 4.98 Å². The van der Waals surface area contributed by atoms with Crippen molar-refractivity contribution in [1.29, 1.82) is 0 Å². The fourth-order valence-corrected chi connectivity index (χ4v) is 3.05. The van der Waals surface area contributed by atoms with Crippen LogP contribution in [0.5, 0.6) is 17.2 Å². The van der Waals surface area contributed by atoms with Gasteiger partial charge in [-0.3, -0.25) is 9.59 Å². The van der Waals surface area contributed by atoms with Crippen molar-refractivity contribution in [2.24, 2.45) is 14.1 Å². The number of hydrogen-bond acceptors (Lipinski definition) is 4. The smallest absolute Gasteiger partial charge is 0.274 e. The summed E-state index contributed by atoms with van der Waals surface area (Å²) < 4.78 is 8.84. The van der Waals surface area contributed by atoms with Crippen molar-refractivity contribution in [1.82, 2.24) is 14.1 Å². The third-order valence-electron chi connectivity index (χ3n) is 4.42. The number of benzene rings is 1. The molecule has 0 aliphatic rings. The van der Waals surface area contributed by atoms with E-state index in [0.29, 0.717) is 33.5 Å². The number of rotatable bonds is 3. The molecule has 3 heterocycles. The summed E-state index contributed by atoms with van der Waals surface area (Å²) in [4.78, 5) is 27.6. The molecule has 0 saturated carbocycles. The number of hydrogen-bond donors (Lipinski definition) is 2. The van der Waals surface area contributed by atoms with Gasteiger partial charge < -0.3 is 24.0 Å². The number of phenols is 1. The van der Waals surface area contributed by atoms with Crippen molar-refractivity contribution in [3.05, 3.63) is 75.7 Å². The number of aromatic nitrogens is 3. The summed E-state index contributed by atoms with van der Waals surface area (Å²) >= 11 is 0. The average Bonchev–Trinajstić information content (AvgIpc) is 3.11. The SMILES string of the molecule is Cn1cc(Oc2cccc(O)c2)c(-c2cn(C)c(=O)c3[nH]ccc23)cc1=O. The van der Waals surface area contributed by atoms with E-state index in [1.54, 1.807) is 57.0 Å². The van der Waals surface area contributed by atoms with E-state index in [4.69, 9.17) is 4.74 Å². The maximum absolute atomic E-state index is 12.3. The molecule has 0 bridgehead atoms. The molecule has 0 radical (unpaired) electrons. The number of nitrogens with zero attached hydrogens (tertiary/aromatic N) is 2. The zero-order valence-corrected chi connectivity index (χ0v) is 14.8. The van der Waals surface area contributed by atoms with Crippen LogP contribution in [-0.2, 0) is 14.1 Å². The molecule has 7 nitrogen and oxygen atoms in total. The lowest BCUT2D eigenvalue weighted by Crippen LogP contribution is -2.18. The molecular weight excluding hydrogens is 346 g/mol. The molecule has 136 valence electrons. The molecule has 0 atom stereocenters. The Morgan fingerprint density at radius 1 is 1.00 bits per heavy atom. The van der Waals surface area contributed by atoms with Gasteiger partial charge in [0.1, 0.15) is 17.0 Å². The van der Waals surface area contributed by atoms with E-state index in [0.717, 1.165) is 0 Å².